The lowest BCUT2D eigenvalue weighted by molar-refractivity contribution is 0.103. The van der Waals surface area contributed by atoms with Crippen LogP contribution in [0.25, 0.3) is 4.85 Å². The van der Waals surface area contributed by atoms with Gasteiger partial charge in [0.2, 0.25) is 0 Å². The molecule has 60 valence electrons. The molecule has 1 amide bonds. The first-order valence-corrected chi connectivity index (χ1v) is 3.02. The number of nitrogens with zero attached hydrogens (tertiary/aromatic N) is 1. The van der Waals surface area contributed by atoms with Crippen molar-refractivity contribution in [2.45, 2.75) is 0 Å². The van der Waals surface area contributed by atoms with Gasteiger partial charge in [0.25, 0.3) is 0 Å². The van der Waals surface area contributed by atoms with Crippen molar-refractivity contribution >= 4 is 5.91 Å². The second-order valence-corrected chi connectivity index (χ2v) is 2.01. The summed E-state index contributed by atoms with van der Waals surface area (Å²) < 4.78 is 25.4. The molecule has 2 nitrogen and oxygen atoms in total. The number of hydrogen-bond acceptors (Lipinski definition) is 1. The highest BCUT2D eigenvalue weighted by atomic mass is 19.1. The Hall–Kier alpha value is -1.76. The van der Waals surface area contributed by atoms with Crippen LogP contribution < -0.4 is 0 Å². The third kappa shape index (κ3) is 1.30. The molecule has 0 radical (unpaired) electrons. The smallest absolute Gasteiger partial charge is 0.310 e. The van der Waals surface area contributed by atoms with Gasteiger partial charge in [-0.3, -0.25) is 0 Å². The number of amides is 1. The van der Waals surface area contributed by atoms with Crippen LogP contribution in [0.3, 0.4) is 0 Å². The fraction of sp³-hybridized carbons (Fsp3) is 0. The van der Waals surface area contributed by atoms with Crippen LogP contribution in [0.4, 0.5) is 8.78 Å². The van der Waals surface area contributed by atoms with Crippen LogP contribution in [-0.2, 0) is 0 Å². The van der Waals surface area contributed by atoms with E-state index in [-0.39, 0.29) is 0 Å². The van der Waals surface area contributed by atoms with Gasteiger partial charge in [-0.05, 0) is 12.1 Å². The van der Waals surface area contributed by atoms with E-state index in [1.807, 2.05) is 0 Å². The van der Waals surface area contributed by atoms with E-state index in [1.54, 1.807) is 0 Å². The molecule has 1 aromatic rings. The van der Waals surface area contributed by atoms with Crippen molar-refractivity contribution in [2.24, 2.45) is 0 Å². The Bertz CT molecular complexity index is 348. The largest absolute Gasteiger partial charge is 0.391 e. The second kappa shape index (κ2) is 3.09. The first kappa shape index (κ1) is 8.34. The average Bonchev–Trinajstić information content (AvgIpc) is 2.03. The third-order valence-corrected chi connectivity index (χ3v) is 1.28. The van der Waals surface area contributed by atoms with Crippen molar-refractivity contribution < 1.29 is 13.6 Å². The van der Waals surface area contributed by atoms with Gasteiger partial charge in [-0.1, -0.05) is 6.07 Å². The fourth-order valence-corrected chi connectivity index (χ4v) is 0.758. The minimum atomic E-state index is -1.22. The molecule has 12 heavy (non-hydrogen) atoms. The number of benzene rings is 1. The number of halogens is 2. The molecular weight excluding hydrogens is 164 g/mol. The van der Waals surface area contributed by atoms with Crippen molar-refractivity contribution in [3.63, 3.8) is 0 Å². The maximum atomic E-state index is 12.7. The Morgan fingerprint density at radius 1 is 1.33 bits per heavy atom. The Balaban J connectivity index is 3.33. The molecule has 0 atom stereocenters. The van der Waals surface area contributed by atoms with Crippen LogP contribution in [0.5, 0.6) is 0 Å². The van der Waals surface area contributed by atoms with Gasteiger partial charge in [0.1, 0.15) is 11.6 Å². The minimum Gasteiger partial charge on any atom is -0.310 e. The molecule has 0 saturated heterocycles. The summed E-state index contributed by atoms with van der Waals surface area (Å²) in [5.41, 5.74) is -0.785. The molecule has 0 fully saturated rings. The standard InChI is InChI=1S/C8H3F2NO/c1-11-8(12)7-5(9)3-2-4-6(7)10/h2-4H. The maximum absolute atomic E-state index is 12.7. The van der Waals surface area contributed by atoms with Gasteiger partial charge in [-0.2, -0.15) is 4.85 Å². The molecule has 4 heteroatoms. The predicted octanol–water partition coefficient (Wildman–Crippen LogP) is 2.02. The van der Waals surface area contributed by atoms with Crippen LogP contribution in [0.15, 0.2) is 18.2 Å². The van der Waals surface area contributed by atoms with E-state index in [2.05, 4.69) is 4.85 Å². The van der Waals surface area contributed by atoms with E-state index >= 15 is 0 Å². The summed E-state index contributed by atoms with van der Waals surface area (Å²) in [5, 5.41) is 0. The fourth-order valence-electron chi connectivity index (χ4n) is 0.758. The zero-order valence-electron chi connectivity index (χ0n) is 5.84. The lowest BCUT2D eigenvalue weighted by atomic mass is 10.2. The van der Waals surface area contributed by atoms with Gasteiger partial charge in [-0.25, -0.2) is 8.78 Å². The second-order valence-electron chi connectivity index (χ2n) is 2.01. The molecule has 0 saturated carbocycles. The van der Waals surface area contributed by atoms with Crippen molar-refractivity contribution in [3.05, 3.63) is 46.8 Å². The molecule has 0 aliphatic carbocycles. The molecule has 1 aromatic carbocycles. The van der Waals surface area contributed by atoms with E-state index in [9.17, 15) is 13.6 Å². The summed E-state index contributed by atoms with van der Waals surface area (Å²) in [6, 6.07) is 2.99. The normalized spacial score (nSPS) is 9.08. The van der Waals surface area contributed by atoms with E-state index < -0.39 is 23.1 Å². The van der Waals surface area contributed by atoms with Gasteiger partial charge < -0.3 is 4.79 Å². The lowest BCUT2D eigenvalue weighted by Crippen LogP contribution is -2.00. The molecule has 0 unspecified atom stereocenters. The maximum Gasteiger partial charge on any atom is 0.391 e. The SMILES string of the molecule is [C-]#[N+]C(=O)c1c(F)cccc1F. The van der Waals surface area contributed by atoms with E-state index in [4.69, 9.17) is 6.57 Å². The summed E-state index contributed by atoms with van der Waals surface area (Å²) in [5.74, 6) is -3.22. The molecule has 0 aromatic heterocycles. The van der Waals surface area contributed by atoms with Crippen LogP contribution in [-0.4, -0.2) is 5.91 Å². The Morgan fingerprint density at radius 3 is 2.25 bits per heavy atom. The number of carbonyl (C=O) groups excluding carboxylic acids is 1. The van der Waals surface area contributed by atoms with Gasteiger partial charge in [0, 0.05) is 0 Å². The van der Waals surface area contributed by atoms with Gasteiger partial charge in [0.15, 0.2) is 0 Å². The average molecular weight is 167 g/mol. The highest BCUT2D eigenvalue weighted by molar-refractivity contribution is 6.01. The summed E-state index contributed by atoms with van der Waals surface area (Å²) in [4.78, 5) is 13.0. The van der Waals surface area contributed by atoms with Crippen LogP contribution in [0.2, 0.25) is 0 Å². The molecular formula is C8H3F2NO. The summed E-state index contributed by atoms with van der Waals surface area (Å²) in [6.45, 7) is 6.28. The Labute approximate surface area is 67.3 Å². The van der Waals surface area contributed by atoms with Gasteiger partial charge in [0.05, 0.1) is 12.1 Å². The van der Waals surface area contributed by atoms with Crippen molar-refractivity contribution in [3.8, 4) is 0 Å². The van der Waals surface area contributed by atoms with Crippen LogP contribution in [0, 0.1) is 18.2 Å². The quantitative estimate of drug-likeness (QED) is 0.586. The zero-order valence-corrected chi connectivity index (χ0v) is 5.84. The minimum absolute atomic E-state index is 0.785. The molecule has 0 bridgehead atoms. The van der Waals surface area contributed by atoms with Crippen LogP contribution in [0.1, 0.15) is 10.4 Å². The van der Waals surface area contributed by atoms with E-state index in [1.165, 1.54) is 0 Å². The lowest BCUT2D eigenvalue weighted by Gasteiger charge is -1.96. The number of rotatable bonds is 1. The summed E-state index contributed by atoms with van der Waals surface area (Å²) in [6.07, 6.45) is 0. The molecule has 0 N–H and O–H groups in total. The van der Waals surface area contributed by atoms with Gasteiger partial charge >= 0.3 is 5.91 Å². The number of carbonyl (C=O) groups is 1. The molecule has 0 aliphatic heterocycles. The molecule has 1 rings (SSSR count). The van der Waals surface area contributed by atoms with Crippen molar-refractivity contribution in [1.82, 2.24) is 0 Å². The number of hydrogen-bond donors (Lipinski definition) is 0. The predicted molar refractivity (Wildman–Crippen MR) is 37.3 cm³/mol. The first-order valence-electron chi connectivity index (χ1n) is 3.02. The van der Waals surface area contributed by atoms with Crippen LogP contribution >= 0.6 is 0 Å². The topological polar surface area (TPSA) is 21.4 Å². The zero-order chi connectivity index (χ0) is 9.14. The first-order chi connectivity index (χ1) is 5.66. The summed E-state index contributed by atoms with van der Waals surface area (Å²) in [7, 11) is 0. The molecule has 0 aliphatic rings. The summed E-state index contributed by atoms with van der Waals surface area (Å²) >= 11 is 0. The van der Waals surface area contributed by atoms with E-state index in [0.29, 0.717) is 0 Å². The molecule has 0 heterocycles. The highest BCUT2D eigenvalue weighted by Crippen LogP contribution is 2.12. The highest BCUT2D eigenvalue weighted by Gasteiger charge is 2.15. The Morgan fingerprint density at radius 2 is 1.83 bits per heavy atom. The van der Waals surface area contributed by atoms with Crippen molar-refractivity contribution in [1.29, 1.82) is 0 Å². The third-order valence-electron chi connectivity index (χ3n) is 1.28. The molecule has 0 spiro atoms. The Kier molecular flexibility index (Phi) is 2.15. The van der Waals surface area contributed by atoms with Crippen molar-refractivity contribution in [2.75, 3.05) is 0 Å². The monoisotopic (exact) mass is 167 g/mol. The van der Waals surface area contributed by atoms with Gasteiger partial charge in [-0.15, -0.1) is 0 Å². The van der Waals surface area contributed by atoms with E-state index in [0.717, 1.165) is 18.2 Å².